The van der Waals surface area contributed by atoms with Crippen LogP contribution in [-0.2, 0) is 16.1 Å². The second-order valence-corrected chi connectivity index (χ2v) is 10.9. The van der Waals surface area contributed by atoms with Gasteiger partial charge in [-0.3, -0.25) is 9.36 Å². The van der Waals surface area contributed by atoms with Gasteiger partial charge in [0, 0.05) is 0 Å². The monoisotopic (exact) mass is 568 g/mol. The number of rotatable bonds is 9. The van der Waals surface area contributed by atoms with Crippen molar-refractivity contribution in [2.75, 3.05) is 6.61 Å². The van der Waals surface area contributed by atoms with Crippen molar-refractivity contribution in [3.8, 4) is 11.5 Å². The highest BCUT2D eigenvalue weighted by Gasteiger charge is 2.33. The molecule has 1 atom stereocenters. The summed E-state index contributed by atoms with van der Waals surface area (Å²) in [6, 6.07) is 24.4. The molecule has 3 aromatic carbocycles. The molecule has 0 fully saturated rings. The molecule has 41 heavy (non-hydrogen) atoms. The van der Waals surface area contributed by atoms with Crippen molar-refractivity contribution in [1.29, 1.82) is 0 Å². The molecule has 0 radical (unpaired) electrons. The van der Waals surface area contributed by atoms with Crippen LogP contribution in [0.1, 0.15) is 50.4 Å². The molecule has 1 aliphatic rings. The number of ether oxygens (including phenoxy) is 3. The van der Waals surface area contributed by atoms with Crippen LogP contribution in [0.2, 0.25) is 0 Å². The van der Waals surface area contributed by atoms with Gasteiger partial charge < -0.3 is 14.2 Å². The highest BCUT2D eigenvalue weighted by atomic mass is 32.1. The molecule has 0 N–H and O–H groups in total. The van der Waals surface area contributed by atoms with Crippen molar-refractivity contribution in [2.45, 2.75) is 46.4 Å². The predicted octanol–water partition coefficient (Wildman–Crippen LogP) is 5.16. The number of fused-ring (bicyclic) bond motifs is 1. The van der Waals surface area contributed by atoms with E-state index in [-0.39, 0.29) is 18.3 Å². The first kappa shape index (κ1) is 28.1. The lowest BCUT2D eigenvalue weighted by Gasteiger charge is -2.25. The topological polar surface area (TPSA) is 79.1 Å². The van der Waals surface area contributed by atoms with E-state index < -0.39 is 12.0 Å². The van der Waals surface area contributed by atoms with Gasteiger partial charge in [-0.1, -0.05) is 65.9 Å². The molecule has 7 nitrogen and oxygen atoms in total. The van der Waals surface area contributed by atoms with Crippen LogP contribution >= 0.6 is 11.3 Å². The smallest absolute Gasteiger partial charge is 0.338 e. The summed E-state index contributed by atoms with van der Waals surface area (Å²) < 4.78 is 19.2. The minimum atomic E-state index is -0.672. The molecule has 4 aromatic rings. The maximum Gasteiger partial charge on any atom is 0.338 e. The number of esters is 1. The summed E-state index contributed by atoms with van der Waals surface area (Å²) in [4.78, 5) is 32.1. The van der Waals surface area contributed by atoms with Gasteiger partial charge in [0.05, 0.1) is 34.6 Å². The molecule has 0 bridgehead atoms. The fourth-order valence-electron chi connectivity index (χ4n) is 4.66. The minimum absolute atomic E-state index is 0.0280. The van der Waals surface area contributed by atoms with Gasteiger partial charge in [0.25, 0.3) is 5.56 Å². The lowest BCUT2D eigenvalue weighted by molar-refractivity contribution is -0.139. The van der Waals surface area contributed by atoms with Gasteiger partial charge in [-0.15, -0.1) is 0 Å². The van der Waals surface area contributed by atoms with E-state index in [9.17, 15) is 9.59 Å². The first-order chi connectivity index (χ1) is 19.8. The number of carbonyl (C=O) groups is 1. The third-order valence-electron chi connectivity index (χ3n) is 6.51. The maximum atomic E-state index is 13.8. The largest absolute Gasteiger partial charge is 0.491 e. The van der Waals surface area contributed by atoms with Crippen molar-refractivity contribution in [3.63, 3.8) is 0 Å². The molecule has 0 aliphatic carbocycles. The summed E-state index contributed by atoms with van der Waals surface area (Å²) >= 11 is 1.30. The zero-order valence-corrected chi connectivity index (χ0v) is 24.3. The molecular formula is C33H32N2O5S. The van der Waals surface area contributed by atoms with E-state index in [0.717, 1.165) is 22.4 Å². The number of carbonyl (C=O) groups excluding carboxylic acids is 1. The Morgan fingerprint density at radius 3 is 2.34 bits per heavy atom. The van der Waals surface area contributed by atoms with Crippen molar-refractivity contribution in [2.24, 2.45) is 4.99 Å². The molecule has 0 saturated heterocycles. The van der Waals surface area contributed by atoms with Crippen LogP contribution in [0.15, 0.2) is 99.9 Å². The van der Waals surface area contributed by atoms with E-state index in [2.05, 4.69) is 4.99 Å². The summed E-state index contributed by atoms with van der Waals surface area (Å²) in [7, 11) is 0. The number of thiazole rings is 1. The van der Waals surface area contributed by atoms with Crippen LogP contribution in [0, 0.1) is 0 Å². The Kier molecular flexibility index (Phi) is 8.50. The summed E-state index contributed by atoms with van der Waals surface area (Å²) in [6.07, 6.45) is 1.87. The lowest BCUT2D eigenvalue weighted by atomic mass is 9.96. The van der Waals surface area contributed by atoms with E-state index in [1.54, 1.807) is 18.4 Å². The number of aromatic nitrogens is 1. The average Bonchev–Trinajstić information content (AvgIpc) is 3.26. The molecular weight excluding hydrogens is 536 g/mol. The highest BCUT2D eigenvalue weighted by molar-refractivity contribution is 7.07. The number of hydrogen-bond acceptors (Lipinski definition) is 7. The van der Waals surface area contributed by atoms with Crippen LogP contribution in [0.25, 0.3) is 6.08 Å². The van der Waals surface area contributed by atoms with Crippen molar-refractivity contribution in [3.05, 3.63) is 127 Å². The molecule has 2 heterocycles. The van der Waals surface area contributed by atoms with Crippen molar-refractivity contribution >= 4 is 23.4 Å². The SMILES string of the molecule is CCOC(=O)C1=C(C)N=c2s/c(=C\c3ccc(OCc4ccccc4)cc3)c(=O)n2[C@@H]1c1ccc(OC(C)C)cc1. The Bertz CT molecular complexity index is 1730. The quantitative estimate of drug-likeness (QED) is 0.261. The van der Waals surface area contributed by atoms with Gasteiger partial charge in [0.1, 0.15) is 18.1 Å². The predicted molar refractivity (Wildman–Crippen MR) is 160 cm³/mol. The van der Waals surface area contributed by atoms with E-state index >= 15 is 0 Å². The molecule has 8 heteroatoms. The van der Waals surface area contributed by atoms with Crippen molar-refractivity contribution in [1.82, 2.24) is 4.57 Å². The Hall–Kier alpha value is -4.43. The van der Waals surface area contributed by atoms with Gasteiger partial charge in [-0.05, 0) is 74.7 Å². The zero-order chi connectivity index (χ0) is 28.9. The first-order valence-electron chi connectivity index (χ1n) is 13.6. The summed E-state index contributed by atoms with van der Waals surface area (Å²) in [5.74, 6) is 0.972. The Morgan fingerprint density at radius 2 is 1.68 bits per heavy atom. The standard InChI is InChI=1S/C33H32N2O5S/c1-5-38-32(37)29-22(4)34-33-35(30(29)25-13-17-27(18-14-25)40-21(2)3)31(36)28(41-33)19-23-11-15-26(16-12-23)39-20-24-9-7-6-8-10-24/h6-19,21,30H,5,20H2,1-4H3/b28-19-/t30-/m1/s1. The number of allylic oxidation sites excluding steroid dienone is 1. The Morgan fingerprint density at radius 1 is 1.00 bits per heavy atom. The Balaban J connectivity index is 1.50. The molecule has 5 rings (SSSR count). The van der Waals surface area contributed by atoms with Gasteiger partial charge >= 0.3 is 5.97 Å². The number of nitrogens with zero attached hydrogens (tertiary/aromatic N) is 2. The van der Waals surface area contributed by atoms with E-state index in [1.165, 1.54) is 11.3 Å². The molecule has 210 valence electrons. The highest BCUT2D eigenvalue weighted by Crippen LogP contribution is 2.31. The van der Waals surface area contributed by atoms with Crippen LogP contribution in [-0.4, -0.2) is 23.2 Å². The molecule has 0 amide bonds. The van der Waals surface area contributed by atoms with E-state index in [4.69, 9.17) is 14.2 Å². The maximum absolute atomic E-state index is 13.8. The molecule has 0 unspecified atom stereocenters. The Labute approximate surface area is 242 Å². The van der Waals surface area contributed by atoms with Crippen LogP contribution in [0.4, 0.5) is 0 Å². The van der Waals surface area contributed by atoms with Gasteiger partial charge in [0.2, 0.25) is 0 Å². The molecule has 1 aliphatic heterocycles. The number of hydrogen-bond donors (Lipinski definition) is 0. The van der Waals surface area contributed by atoms with Crippen LogP contribution in [0.3, 0.4) is 0 Å². The zero-order valence-electron chi connectivity index (χ0n) is 23.5. The minimum Gasteiger partial charge on any atom is -0.491 e. The third kappa shape index (κ3) is 6.33. The summed E-state index contributed by atoms with van der Waals surface area (Å²) in [5, 5.41) is 0. The average molecular weight is 569 g/mol. The third-order valence-corrected chi connectivity index (χ3v) is 7.49. The fraction of sp³-hybridized carbons (Fsp3) is 0.242. The summed E-state index contributed by atoms with van der Waals surface area (Å²) in [6.45, 7) is 8.16. The summed E-state index contributed by atoms with van der Waals surface area (Å²) in [5.41, 5.74) is 3.38. The second-order valence-electron chi connectivity index (χ2n) is 9.88. The van der Waals surface area contributed by atoms with Gasteiger partial charge in [-0.25, -0.2) is 9.79 Å². The first-order valence-corrected chi connectivity index (χ1v) is 14.4. The lowest BCUT2D eigenvalue weighted by Crippen LogP contribution is -2.39. The van der Waals surface area contributed by atoms with Crippen LogP contribution < -0.4 is 24.4 Å². The van der Waals surface area contributed by atoms with Crippen molar-refractivity contribution < 1.29 is 19.0 Å². The molecule has 1 aromatic heterocycles. The molecule has 0 spiro atoms. The van der Waals surface area contributed by atoms with Crippen LogP contribution in [0.5, 0.6) is 11.5 Å². The van der Waals surface area contributed by atoms with E-state index in [0.29, 0.717) is 33.0 Å². The van der Waals surface area contributed by atoms with E-state index in [1.807, 2.05) is 98.8 Å². The second kappa shape index (κ2) is 12.4. The normalized spacial score (nSPS) is 15.0. The fourth-order valence-corrected chi connectivity index (χ4v) is 5.71. The van der Waals surface area contributed by atoms with Gasteiger partial charge in [0.15, 0.2) is 4.80 Å². The van der Waals surface area contributed by atoms with Gasteiger partial charge in [-0.2, -0.15) is 0 Å². The number of benzene rings is 3. The molecule has 0 saturated carbocycles.